The Hall–Kier alpha value is -1.68. The Kier molecular flexibility index (Phi) is 2.10. The van der Waals surface area contributed by atoms with E-state index in [0.29, 0.717) is 5.15 Å². The molecule has 2 aromatic rings. The zero-order valence-corrected chi connectivity index (χ0v) is 9.74. The van der Waals surface area contributed by atoms with E-state index in [0.717, 1.165) is 29.3 Å². The monoisotopic (exact) mass is 247 g/mol. The maximum absolute atomic E-state index is 11.4. The van der Waals surface area contributed by atoms with Crippen LogP contribution in [0.5, 0.6) is 0 Å². The minimum Gasteiger partial charge on any atom is -0.369 e. The third-order valence-corrected chi connectivity index (χ3v) is 3.49. The first kappa shape index (κ1) is 10.5. The van der Waals surface area contributed by atoms with E-state index in [1.807, 2.05) is 6.07 Å². The molecule has 0 spiro atoms. The number of primary amides is 1. The summed E-state index contributed by atoms with van der Waals surface area (Å²) >= 11 is 5.80. The van der Waals surface area contributed by atoms with Crippen LogP contribution in [0.3, 0.4) is 0 Å². The Morgan fingerprint density at radius 3 is 2.53 bits per heavy atom. The normalized spacial score (nSPS) is 17.0. The summed E-state index contributed by atoms with van der Waals surface area (Å²) in [6, 6.07) is 3.62. The van der Waals surface area contributed by atoms with Crippen molar-refractivity contribution in [3.8, 4) is 0 Å². The summed E-state index contributed by atoms with van der Waals surface area (Å²) in [7, 11) is 0. The number of amides is 1. The van der Waals surface area contributed by atoms with E-state index in [1.165, 1.54) is 0 Å². The van der Waals surface area contributed by atoms with Crippen molar-refractivity contribution in [2.45, 2.75) is 18.3 Å². The average Bonchev–Trinajstić information content (AvgIpc) is 3.09. The number of carbonyl (C=O) groups is 1. The van der Waals surface area contributed by atoms with Crippen molar-refractivity contribution in [2.75, 3.05) is 0 Å². The smallest absolute Gasteiger partial charge is 0.229 e. The summed E-state index contributed by atoms with van der Waals surface area (Å²) < 4.78 is 0. The molecule has 1 saturated carbocycles. The molecule has 0 bridgehead atoms. The fraction of sp³-hybridized carbons (Fsp3) is 0.250. The first-order valence-electron chi connectivity index (χ1n) is 5.33. The molecule has 0 aromatic carbocycles. The number of hydrogen-bond donors (Lipinski definition) is 1. The van der Waals surface area contributed by atoms with Gasteiger partial charge in [-0.25, -0.2) is 4.98 Å². The van der Waals surface area contributed by atoms with Gasteiger partial charge in [0.15, 0.2) is 0 Å². The molecule has 1 amide bonds. The predicted molar refractivity (Wildman–Crippen MR) is 64.7 cm³/mol. The Morgan fingerprint density at radius 2 is 1.88 bits per heavy atom. The quantitative estimate of drug-likeness (QED) is 0.823. The highest BCUT2D eigenvalue weighted by atomic mass is 35.5. The van der Waals surface area contributed by atoms with Crippen molar-refractivity contribution in [3.05, 3.63) is 35.4 Å². The Morgan fingerprint density at radius 1 is 1.24 bits per heavy atom. The Labute approximate surface area is 103 Å². The van der Waals surface area contributed by atoms with Crippen LogP contribution in [0.15, 0.2) is 24.5 Å². The van der Waals surface area contributed by atoms with Gasteiger partial charge in [-0.2, -0.15) is 0 Å². The van der Waals surface area contributed by atoms with Gasteiger partial charge in [0, 0.05) is 23.2 Å². The van der Waals surface area contributed by atoms with Crippen molar-refractivity contribution in [1.29, 1.82) is 0 Å². The van der Waals surface area contributed by atoms with Gasteiger partial charge in [0.25, 0.3) is 0 Å². The minimum absolute atomic E-state index is 0.300. The van der Waals surface area contributed by atoms with Gasteiger partial charge >= 0.3 is 0 Å². The van der Waals surface area contributed by atoms with Crippen LogP contribution in [-0.4, -0.2) is 15.9 Å². The van der Waals surface area contributed by atoms with Crippen LogP contribution in [0.2, 0.25) is 5.15 Å². The molecular weight excluding hydrogens is 238 g/mol. The number of fused-ring (bicyclic) bond motifs is 1. The van der Waals surface area contributed by atoms with E-state index in [4.69, 9.17) is 17.3 Å². The minimum atomic E-state index is -0.548. The lowest BCUT2D eigenvalue weighted by atomic mass is 10.00. The molecular formula is C12H10ClN3O. The second-order valence-electron chi connectivity index (χ2n) is 4.37. The molecule has 1 fully saturated rings. The number of hydrogen-bond acceptors (Lipinski definition) is 3. The fourth-order valence-electron chi connectivity index (χ4n) is 2.03. The molecule has 3 rings (SSSR count). The number of nitrogens with zero attached hydrogens (tertiary/aromatic N) is 2. The first-order chi connectivity index (χ1) is 8.12. The molecule has 0 saturated heterocycles. The summed E-state index contributed by atoms with van der Waals surface area (Å²) in [5.74, 6) is -0.300. The lowest BCUT2D eigenvalue weighted by molar-refractivity contribution is -0.120. The van der Waals surface area contributed by atoms with Crippen LogP contribution < -0.4 is 5.73 Å². The van der Waals surface area contributed by atoms with Crippen molar-refractivity contribution in [2.24, 2.45) is 5.73 Å². The highest BCUT2D eigenvalue weighted by Crippen LogP contribution is 2.47. The molecule has 4 nitrogen and oxygen atoms in total. The molecule has 2 aromatic heterocycles. The van der Waals surface area contributed by atoms with E-state index >= 15 is 0 Å². The number of nitrogens with two attached hydrogens (primary N) is 1. The van der Waals surface area contributed by atoms with E-state index in [1.54, 1.807) is 18.5 Å². The zero-order chi connectivity index (χ0) is 12.0. The topological polar surface area (TPSA) is 68.9 Å². The molecule has 2 heterocycles. The fourth-order valence-corrected chi connectivity index (χ4v) is 2.19. The van der Waals surface area contributed by atoms with Crippen molar-refractivity contribution in [1.82, 2.24) is 9.97 Å². The highest BCUT2D eigenvalue weighted by Gasteiger charge is 2.51. The van der Waals surface area contributed by atoms with Crippen LogP contribution >= 0.6 is 11.6 Å². The number of halogens is 1. The summed E-state index contributed by atoms with van der Waals surface area (Å²) in [6.45, 7) is 0. The second-order valence-corrected chi connectivity index (χ2v) is 4.76. The molecule has 0 atom stereocenters. The largest absolute Gasteiger partial charge is 0.369 e. The Balaban J connectivity index is 2.15. The van der Waals surface area contributed by atoms with Crippen LogP contribution in [0.1, 0.15) is 18.5 Å². The summed E-state index contributed by atoms with van der Waals surface area (Å²) in [5.41, 5.74) is 5.61. The molecule has 5 heteroatoms. The Bertz CT molecular complexity index is 622. The van der Waals surface area contributed by atoms with Gasteiger partial charge in [-0.15, -0.1) is 0 Å². The van der Waals surface area contributed by atoms with E-state index < -0.39 is 5.41 Å². The van der Waals surface area contributed by atoms with Crippen LogP contribution in [0.4, 0.5) is 0 Å². The van der Waals surface area contributed by atoms with Crippen LogP contribution in [0.25, 0.3) is 10.8 Å². The molecule has 1 aliphatic carbocycles. The van der Waals surface area contributed by atoms with E-state index in [2.05, 4.69) is 9.97 Å². The number of aromatic nitrogens is 2. The maximum Gasteiger partial charge on any atom is 0.229 e. The van der Waals surface area contributed by atoms with Gasteiger partial charge in [0.05, 0.1) is 11.1 Å². The maximum atomic E-state index is 11.4. The molecule has 0 radical (unpaired) electrons. The van der Waals surface area contributed by atoms with Gasteiger partial charge < -0.3 is 5.73 Å². The van der Waals surface area contributed by atoms with Crippen molar-refractivity contribution < 1.29 is 4.79 Å². The van der Waals surface area contributed by atoms with E-state index in [9.17, 15) is 4.79 Å². The molecule has 0 unspecified atom stereocenters. The lowest BCUT2D eigenvalue weighted by Crippen LogP contribution is -2.29. The third-order valence-electron chi connectivity index (χ3n) is 3.28. The zero-order valence-electron chi connectivity index (χ0n) is 8.98. The molecule has 1 aliphatic rings. The predicted octanol–water partition coefficient (Wildman–Crippen LogP) is 1.80. The summed E-state index contributed by atoms with van der Waals surface area (Å²) in [4.78, 5) is 19.8. The number of pyridine rings is 2. The van der Waals surface area contributed by atoms with Crippen LogP contribution in [0, 0.1) is 0 Å². The van der Waals surface area contributed by atoms with Gasteiger partial charge in [-0.3, -0.25) is 9.78 Å². The van der Waals surface area contributed by atoms with Crippen molar-refractivity contribution >= 4 is 28.3 Å². The molecule has 17 heavy (non-hydrogen) atoms. The number of rotatable bonds is 2. The highest BCUT2D eigenvalue weighted by molar-refractivity contribution is 6.30. The molecule has 0 aliphatic heterocycles. The van der Waals surface area contributed by atoms with Gasteiger partial charge in [0.1, 0.15) is 5.15 Å². The van der Waals surface area contributed by atoms with Gasteiger partial charge in [-0.05, 0) is 25.0 Å². The van der Waals surface area contributed by atoms with E-state index in [-0.39, 0.29) is 5.91 Å². The first-order valence-corrected chi connectivity index (χ1v) is 5.71. The summed E-state index contributed by atoms with van der Waals surface area (Å²) in [5, 5.41) is 2.27. The van der Waals surface area contributed by atoms with Crippen molar-refractivity contribution in [3.63, 3.8) is 0 Å². The molecule has 86 valence electrons. The average molecular weight is 248 g/mol. The van der Waals surface area contributed by atoms with Gasteiger partial charge in [-0.1, -0.05) is 11.6 Å². The second kappa shape index (κ2) is 3.40. The lowest BCUT2D eigenvalue weighted by Gasteiger charge is -2.10. The third kappa shape index (κ3) is 1.56. The molecule has 2 N–H and O–H groups in total. The van der Waals surface area contributed by atoms with Crippen LogP contribution in [-0.2, 0) is 10.2 Å². The SMILES string of the molecule is NC(=O)C1(c2cc3cnc(Cl)cc3cn2)CC1. The standard InChI is InChI=1S/C12H10ClN3O/c13-10-4-8-5-15-9(3-7(8)6-16-10)12(1-2-12)11(14)17/h3-6H,1-2H2,(H2,14,17). The van der Waals surface area contributed by atoms with Gasteiger partial charge in [0.2, 0.25) is 5.91 Å². The number of carbonyl (C=O) groups excluding carboxylic acids is 1. The summed E-state index contributed by atoms with van der Waals surface area (Å²) in [6.07, 6.45) is 4.95.